The Kier molecular flexibility index (Phi) is 21.9. The van der Waals surface area contributed by atoms with Crippen molar-refractivity contribution in [3.8, 4) is 22.8 Å². The van der Waals surface area contributed by atoms with Crippen molar-refractivity contribution in [2.24, 2.45) is 0 Å². The summed E-state index contributed by atoms with van der Waals surface area (Å²) in [6.07, 6.45) is 14.7. The Morgan fingerprint density at radius 3 is 1.09 bits per heavy atom. The third-order valence-electron chi connectivity index (χ3n) is 11.9. The number of ketones is 1. The molecule has 1 saturated carbocycles. The first-order valence-corrected chi connectivity index (χ1v) is 28.5. The van der Waals surface area contributed by atoms with Gasteiger partial charge < -0.3 is 19.3 Å². The molecule has 418 valence electrons. The largest absolute Gasteiger partial charge is 0.460 e. The third-order valence-corrected chi connectivity index (χ3v) is 14.0. The molecule has 1 aliphatic rings. The highest BCUT2D eigenvalue weighted by Crippen LogP contribution is 2.42. The van der Waals surface area contributed by atoms with Gasteiger partial charge in [-0.15, -0.1) is 0 Å². The van der Waals surface area contributed by atoms with E-state index in [1.807, 2.05) is 109 Å². The molecule has 7 rings (SSSR count). The maximum Gasteiger partial charge on any atom is 0.338 e. The Labute approximate surface area is 521 Å². The van der Waals surface area contributed by atoms with Crippen molar-refractivity contribution in [2.75, 3.05) is 50.2 Å². The molecule has 0 bridgehead atoms. The summed E-state index contributed by atoms with van der Waals surface area (Å²) in [6.45, 7) is 1.11. The summed E-state index contributed by atoms with van der Waals surface area (Å²) >= 11 is 72.0. The average Bonchev–Trinajstić information content (AvgIpc) is 3.59. The molecular formula is C55H44Cl12N8O5. The van der Waals surface area contributed by atoms with Crippen LogP contribution in [0, 0.1) is 0 Å². The number of anilines is 2. The molecular weight excluding hydrogens is 1280 g/mol. The van der Waals surface area contributed by atoms with E-state index in [0.29, 0.717) is 48.2 Å². The average molecular weight is 1320 g/mol. The van der Waals surface area contributed by atoms with Gasteiger partial charge in [-0.2, -0.15) is 0 Å². The van der Waals surface area contributed by atoms with Crippen LogP contribution in [0.15, 0.2) is 133 Å². The van der Waals surface area contributed by atoms with Crippen LogP contribution in [0.1, 0.15) is 80.8 Å². The molecule has 2 heterocycles. The van der Waals surface area contributed by atoms with Crippen molar-refractivity contribution < 1.29 is 23.9 Å². The third kappa shape index (κ3) is 18.0. The fraction of sp³-hybridized carbons (Fsp3) is 0.255. The van der Waals surface area contributed by atoms with Gasteiger partial charge >= 0.3 is 11.9 Å². The molecule has 0 unspecified atom stereocenters. The number of nitrogens with zero attached hydrogens (tertiary/aromatic N) is 8. The molecule has 1 fully saturated rings. The van der Waals surface area contributed by atoms with E-state index in [0.717, 1.165) is 46.5 Å². The second-order valence-corrected chi connectivity index (χ2v) is 26.8. The molecule has 4 aromatic carbocycles. The minimum absolute atomic E-state index is 0.0439. The fourth-order valence-electron chi connectivity index (χ4n) is 7.62. The number of carbonyl (C=O) groups is 3. The van der Waals surface area contributed by atoms with Gasteiger partial charge in [0.1, 0.15) is 13.2 Å². The molecule has 0 saturated heterocycles. The van der Waals surface area contributed by atoms with Gasteiger partial charge in [0.2, 0.25) is 15.2 Å². The first kappa shape index (κ1) is 63.1. The summed E-state index contributed by atoms with van der Waals surface area (Å²) < 4.78 is 3.05. The second-order valence-electron chi connectivity index (χ2n) is 17.7. The zero-order chi connectivity index (χ0) is 58.0. The van der Waals surface area contributed by atoms with Crippen LogP contribution < -0.4 is 9.80 Å². The topological polar surface area (TPSA) is 153 Å². The van der Waals surface area contributed by atoms with Crippen LogP contribution in [0.25, 0.3) is 34.9 Å². The van der Waals surface area contributed by atoms with Crippen LogP contribution in [0.5, 0.6) is 0 Å². The lowest BCUT2D eigenvalue weighted by Crippen LogP contribution is -2.23. The van der Waals surface area contributed by atoms with Gasteiger partial charge in [0.15, 0.2) is 40.7 Å². The summed E-state index contributed by atoms with van der Waals surface area (Å²) in [5.74, 6) is -1.81. The van der Waals surface area contributed by atoms with Crippen molar-refractivity contribution in [1.29, 1.82) is 0 Å². The predicted molar refractivity (Wildman–Crippen MR) is 325 cm³/mol. The van der Waals surface area contributed by atoms with Crippen molar-refractivity contribution in [3.05, 3.63) is 178 Å². The highest BCUT2D eigenvalue weighted by Gasteiger charge is 2.36. The van der Waals surface area contributed by atoms with Gasteiger partial charge in [-0.25, -0.2) is 39.5 Å². The Morgan fingerprint density at radius 2 is 0.787 bits per heavy atom. The molecule has 6 aromatic rings. The van der Waals surface area contributed by atoms with E-state index in [1.54, 1.807) is 48.5 Å². The number of aromatic nitrogens is 6. The number of rotatable bonds is 16. The van der Waals surface area contributed by atoms with Gasteiger partial charge in [0.05, 0.1) is 24.2 Å². The second kappa shape index (κ2) is 27.8. The van der Waals surface area contributed by atoms with Crippen LogP contribution >= 0.6 is 139 Å². The van der Waals surface area contributed by atoms with E-state index in [4.69, 9.17) is 149 Å². The number of benzene rings is 4. The number of hydrogen-bond acceptors (Lipinski definition) is 13. The summed E-state index contributed by atoms with van der Waals surface area (Å²) in [7, 11) is 3.80. The summed E-state index contributed by atoms with van der Waals surface area (Å²) in [5.41, 5.74) is 6.76. The minimum atomic E-state index is -2.01. The van der Waals surface area contributed by atoms with Gasteiger partial charge in [0, 0.05) is 36.6 Å². The molecule has 0 N–H and O–H groups in total. The molecule has 0 aliphatic heterocycles. The van der Waals surface area contributed by atoms with Crippen molar-refractivity contribution in [3.63, 3.8) is 0 Å². The zero-order valence-electron chi connectivity index (χ0n) is 42.0. The Bertz CT molecular complexity index is 3020. The number of hydrogen-bond donors (Lipinski definition) is 0. The molecule has 0 atom stereocenters. The quantitative estimate of drug-likeness (QED) is 0.0391. The summed E-state index contributed by atoms with van der Waals surface area (Å²) in [6, 6.07) is 28.3. The number of ether oxygens (including phenoxy) is 2. The van der Waals surface area contributed by atoms with Gasteiger partial charge in [0.25, 0.3) is 0 Å². The SMILES string of the molecule is CN(CCOC(=O)c1ccc(-c2nc(C(Cl)(Cl)Cl)nc(C(Cl)(Cl)Cl)n2)cc1)c1ccc(C=CC=C2CCCCC(=CC=Cc3ccc(N(C)CCOC(=O)c4ccc(-c5nc(C(Cl)(Cl)Cl)nc(C(Cl)(Cl)Cl)n5)cc4)cc3)C2=O)cc1. The van der Waals surface area contributed by atoms with E-state index < -0.39 is 27.1 Å². The first-order valence-electron chi connectivity index (χ1n) is 24.0. The van der Waals surface area contributed by atoms with Crippen LogP contribution in [-0.2, 0) is 29.4 Å². The standard InChI is InChI=1S/C55H44Cl12N8O5/c1-74(29-31-79-46(77)39-21-17-37(18-22-39)44-68-48(52(56,57)58)72-49(69-44)53(59,60)61)41-25-13-33(14-26-41)7-5-11-35-9-3-4-10-36(43(35)76)12-6-8-34-15-27-42(28-16-34)75(2)30-32-80-47(78)40-23-19-38(20-24-40)45-70-50(54(62,63)64)73-51(71-45)55(65,66)67/h5-8,11-28H,3-4,9-10,29-32H2,1-2H3. The Balaban J connectivity index is 0.848. The van der Waals surface area contributed by atoms with Gasteiger partial charge in [-0.3, -0.25) is 4.79 Å². The van der Waals surface area contributed by atoms with Crippen LogP contribution in [-0.4, -0.2) is 88.0 Å². The number of Topliss-reactive ketones (excluding diaryl/α,β-unsaturated/α-hetero) is 1. The molecule has 13 nitrogen and oxygen atoms in total. The molecule has 25 heteroatoms. The Hall–Kier alpha value is -4.45. The number of carbonyl (C=O) groups excluding carboxylic acids is 3. The lowest BCUT2D eigenvalue weighted by molar-refractivity contribution is -0.112. The normalized spacial score (nSPS) is 14.7. The van der Waals surface area contributed by atoms with E-state index in [-0.39, 0.29) is 53.9 Å². The summed E-state index contributed by atoms with van der Waals surface area (Å²) in [4.78, 5) is 68.1. The lowest BCUT2D eigenvalue weighted by Gasteiger charge is -2.19. The molecule has 0 radical (unpaired) electrons. The monoisotopic (exact) mass is 1320 g/mol. The van der Waals surface area contributed by atoms with E-state index in [9.17, 15) is 14.4 Å². The molecule has 80 heavy (non-hydrogen) atoms. The molecule has 1 aliphatic carbocycles. The van der Waals surface area contributed by atoms with Crippen molar-refractivity contribution >= 4 is 180 Å². The number of allylic oxidation sites excluding steroid dienone is 6. The number of halogens is 12. The molecule has 0 spiro atoms. The predicted octanol–water partition coefficient (Wildman–Crippen LogP) is 16.0. The number of esters is 2. The van der Waals surface area contributed by atoms with Crippen LogP contribution in [0.3, 0.4) is 0 Å². The maximum absolute atomic E-state index is 13.6. The van der Waals surface area contributed by atoms with Crippen LogP contribution in [0.2, 0.25) is 0 Å². The highest BCUT2D eigenvalue weighted by atomic mass is 35.6. The van der Waals surface area contributed by atoms with Gasteiger partial charge in [-0.05, 0) is 96.5 Å². The molecule has 0 amide bonds. The van der Waals surface area contributed by atoms with Crippen LogP contribution in [0.4, 0.5) is 11.4 Å². The summed E-state index contributed by atoms with van der Waals surface area (Å²) in [5, 5.41) is 0. The van der Waals surface area contributed by atoms with E-state index >= 15 is 0 Å². The fourth-order valence-corrected chi connectivity index (χ4v) is 8.63. The minimum Gasteiger partial charge on any atom is -0.460 e. The smallest absolute Gasteiger partial charge is 0.338 e. The van der Waals surface area contributed by atoms with E-state index in [2.05, 4.69) is 29.9 Å². The highest BCUT2D eigenvalue weighted by molar-refractivity contribution is 6.68. The van der Waals surface area contributed by atoms with Crippen molar-refractivity contribution in [2.45, 2.75) is 40.9 Å². The van der Waals surface area contributed by atoms with Crippen molar-refractivity contribution in [1.82, 2.24) is 29.9 Å². The van der Waals surface area contributed by atoms with E-state index in [1.165, 1.54) is 0 Å². The maximum atomic E-state index is 13.6. The zero-order valence-corrected chi connectivity index (χ0v) is 51.1. The van der Waals surface area contributed by atoms with Gasteiger partial charge in [-0.1, -0.05) is 224 Å². The number of alkyl halides is 12. The lowest BCUT2D eigenvalue weighted by atomic mass is 10.0. The number of likely N-dealkylation sites (N-methyl/N-ethyl adjacent to an activating group) is 2. The first-order chi connectivity index (χ1) is 37.7. The molecule has 2 aromatic heterocycles. The Morgan fingerprint density at radius 1 is 0.475 bits per heavy atom.